The van der Waals surface area contributed by atoms with Crippen molar-refractivity contribution < 1.29 is 9.18 Å². The van der Waals surface area contributed by atoms with Crippen molar-refractivity contribution in [1.29, 1.82) is 0 Å². The first-order valence-corrected chi connectivity index (χ1v) is 9.66. The summed E-state index contributed by atoms with van der Waals surface area (Å²) in [5.74, 6) is 0.381. The average Bonchev–Trinajstić information content (AvgIpc) is 3.36. The first-order chi connectivity index (χ1) is 13.7. The fraction of sp³-hybridized carbons (Fsp3) is 0.273. The lowest BCUT2D eigenvalue weighted by atomic mass is 9.90. The maximum atomic E-state index is 13.1. The third-order valence-corrected chi connectivity index (χ3v) is 5.79. The molecule has 0 unspecified atom stereocenters. The first kappa shape index (κ1) is 17.0. The maximum Gasteiger partial charge on any atom is 0.270 e. The number of carbonyl (C=O) groups is 1. The molecule has 1 aliphatic heterocycles. The minimum Gasteiger partial charge on any atom is -0.351 e. The average molecular weight is 376 g/mol. The molecule has 2 N–H and O–H groups in total. The molecule has 2 aromatic carbocycles. The maximum absolute atomic E-state index is 13.1. The van der Waals surface area contributed by atoms with Gasteiger partial charge in [-0.1, -0.05) is 12.1 Å². The van der Waals surface area contributed by atoms with Gasteiger partial charge in [-0.15, -0.1) is 0 Å². The molecule has 0 spiro atoms. The molecule has 1 saturated heterocycles. The molecule has 0 atom stereocenters. The van der Waals surface area contributed by atoms with Gasteiger partial charge in [0, 0.05) is 29.4 Å². The van der Waals surface area contributed by atoms with Crippen LogP contribution in [0, 0.1) is 11.7 Å². The number of aromatic amines is 2. The van der Waals surface area contributed by atoms with Gasteiger partial charge >= 0.3 is 0 Å². The van der Waals surface area contributed by atoms with E-state index in [0.29, 0.717) is 11.6 Å². The zero-order chi connectivity index (χ0) is 19.1. The highest BCUT2D eigenvalue weighted by atomic mass is 19.1. The van der Waals surface area contributed by atoms with E-state index in [9.17, 15) is 9.18 Å². The van der Waals surface area contributed by atoms with Gasteiger partial charge in [0.15, 0.2) is 0 Å². The molecule has 1 aliphatic rings. The summed E-state index contributed by atoms with van der Waals surface area (Å²) < 4.78 is 13.1. The van der Waals surface area contributed by atoms with Gasteiger partial charge in [-0.25, -0.2) is 4.39 Å². The number of hydrogen-bond donors (Lipinski definition) is 2. The summed E-state index contributed by atoms with van der Waals surface area (Å²) in [4.78, 5) is 18.2. The van der Waals surface area contributed by atoms with Gasteiger partial charge in [0.2, 0.25) is 0 Å². The first-order valence-electron chi connectivity index (χ1n) is 9.66. The van der Waals surface area contributed by atoms with Crippen molar-refractivity contribution in [3.63, 3.8) is 0 Å². The Hall–Kier alpha value is -3.15. The van der Waals surface area contributed by atoms with E-state index in [1.54, 1.807) is 6.20 Å². The molecule has 0 saturated carbocycles. The fourth-order valence-corrected chi connectivity index (χ4v) is 4.21. The summed E-state index contributed by atoms with van der Waals surface area (Å²) in [6.45, 7) is 1.50. The molecule has 0 radical (unpaired) electrons. The second-order valence-corrected chi connectivity index (χ2v) is 7.61. The smallest absolute Gasteiger partial charge is 0.270 e. The number of rotatable bonds is 3. The van der Waals surface area contributed by atoms with Crippen molar-refractivity contribution in [1.82, 2.24) is 20.1 Å². The predicted octanol–water partition coefficient (Wildman–Crippen LogP) is 4.28. The highest BCUT2D eigenvalue weighted by Crippen LogP contribution is 2.27. The lowest BCUT2D eigenvalue weighted by Crippen LogP contribution is -2.39. The van der Waals surface area contributed by atoms with Gasteiger partial charge in [0.25, 0.3) is 5.91 Å². The predicted molar refractivity (Wildman–Crippen MR) is 107 cm³/mol. The van der Waals surface area contributed by atoms with Crippen LogP contribution in [0.2, 0.25) is 0 Å². The van der Waals surface area contributed by atoms with E-state index in [2.05, 4.69) is 15.2 Å². The van der Waals surface area contributed by atoms with Gasteiger partial charge in [0.05, 0.1) is 11.7 Å². The van der Waals surface area contributed by atoms with Gasteiger partial charge in [-0.05, 0) is 61.1 Å². The van der Waals surface area contributed by atoms with Crippen molar-refractivity contribution in [2.24, 2.45) is 5.92 Å². The molecule has 6 heteroatoms. The second kappa shape index (κ2) is 6.78. The van der Waals surface area contributed by atoms with Crippen LogP contribution in [-0.2, 0) is 6.42 Å². The molecule has 142 valence electrons. The molecule has 0 bridgehead atoms. The summed E-state index contributed by atoms with van der Waals surface area (Å²) in [6, 6.07) is 12.6. The Morgan fingerprint density at radius 2 is 1.82 bits per heavy atom. The number of likely N-dealkylation sites (tertiary alicyclic amines) is 1. The molecule has 0 aliphatic carbocycles. The number of hydrogen-bond acceptors (Lipinski definition) is 2. The molecule has 28 heavy (non-hydrogen) atoms. The molecule has 5 rings (SSSR count). The second-order valence-electron chi connectivity index (χ2n) is 7.61. The fourth-order valence-electron chi connectivity index (χ4n) is 4.21. The normalized spacial score (nSPS) is 15.5. The number of piperidine rings is 1. The van der Waals surface area contributed by atoms with E-state index in [4.69, 9.17) is 0 Å². The molecular formula is C22H21FN4O. The van der Waals surface area contributed by atoms with Crippen LogP contribution in [0.3, 0.4) is 0 Å². The van der Waals surface area contributed by atoms with Crippen LogP contribution in [-0.4, -0.2) is 39.1 Å². The van der Waals surface area contributed by atoms with Crippen LogP contribution < -0.4 is 0 Å². The van der Waals surface area contributed by atoms with Gasteiger partial charge in [-0.2, -0.15) is 5.10 Å². The number of halogens is 1. The van der Waals surface area contributed by atoms with Crippen LogP contribution in [0.4, 0.5) is 4.39 Å². The number of carbonyl (C=O) groups excluding carboxylic acids is 1. The molecule has 5 nitrogen and oxygen atoms in total. The van der Waals surface area contributed by atoms with Gasteiger partial charge in [0.1, 0.15) is 11.5 Å². The lowest BCUT2D eigenvalue weighted by Gasteiger charge is -2.31. The Bertz CT molecular complexity index is 1140. The minimum absolute atomic E-state index is 0.0491. The van der Waals surface area contributed by atoms with Crippen LogP contribution in [0.1, 0.15) is 28.9 Å². The Balaban J connectivity index is 1.28. The molecule has 4 aromatic rings. The van der Waals surface area contributed by atoms with Crippen molar-refractivity contribution in [3.8, 4) is 0 Å². The Morgan fingerprint density at radius 3 is 2.61 bits per heavy atom. The van der Waals surface area contributed by atoms with Crippen molar-refractivity contribution in [2.75, 3.05) is 13.1 Å². The summed E-state index contributed by atoms with van der Waals surface area (Å²) in [6.07, 6.45) is 4.67. The van der Waals surface area contributed by atoms with Crippen molar-refractivity contribution in [2.45, 2.75) is 19.3 Å². The molecule has 1 amide bonds. The Morgan fingerprint density at radius 1 is 1.07 bits per heavy atom. The number of nitrogens with zero attached hydrogens (tertiary/aromatic N) is 2. The van der Waals surface area contributed by atoms with E-state index >= 15 is 0 Å². The zero-order valence-electron chi connectivity index (χ0n) is 15.4. The van der Waals surface area contributed by atoms with Crippen LogP contribution >= 0.6 is 0 Å². The monoisotopic (exact) mass is 376 g/mol. The van der Waals surface area contributed by atoms with Crippen LogP contribution in [0.5, 0.6) is 0 Å². The molecule has 3 heterocycles. The van der Waals surface area contributed by atoms with E-state index in [-0.39, 0.29) is 11.7 Å². The van der Waals surface area contributed by atoms with E-state index in [1.807, 2.05) is 35.2 Å². The number of nitrogens with one attached hydrogen (secondary N) is 2. The van der Waals surface area contributed by atoms with Gasteiger partial charge < -0.3 is 9.88 Å². The number of H-pyrrole nitrogens is 2. The molecular weight excluding hydrogens is 355 g/mol. The van der Waals surface area contributed by atoms with Gasteiger partial charge in [-0.3, -0.25) is 9.89 Å². The van der Waals surface area contributed by atoms with E-state index in [1.165, 1.54) is 12.1 Å². The topological polar surface area (TPSA) is 64.8 Å². The van der Waals surface area contributed by atoms with Crippen molar-refractivity contribution >= 4 is 27.7 Å². The van der Waals surface area contributed by atoms with E-state index < -0.39 is 0 Å². The molecule has 2 aromatic heterocycles. The number of fused-ring (bicyclic) bond motifs is 3. The third kappa shape index (κ3) is 3.05. The number of amides is 1. The largest absolute Gasteiger partial charge is 0.351 e. The summed E-state index contributed by atoms with van der Waals surface area (Å²) in [5.41, 5.74) is 3.70. The summed E-state index contributed by atoms with van der Waals surface area (Å²) >= 11 is 0. The Labute approximate surface area is 161 Å². The van der Waals surface area contributed by atoms with E-state index in [0.717, 1.165) is 59.7 Å². The number of aromatic nitrogens is 3. The Kier molecular flexibility index (Phi) is 4.11. The minimum atomic E-state index is -0.199. The van der Waals surface area contributed by atoms with Crippen molar-refractivity contribution in [3.05, 3.63) is 65.7 Å². The van der Waals surface area contributed by atoms with Crippen LogP contribution in [0.25, 0.3) is 21.8 Å². The standard InChI is InChI=1S/C22H21FN4O/c23-16-3-1-14(2-4-16)11-15-7-9-27(10-8-15)22(28)21-12-17-18-13-24-26-20(18)6-5-19(17)25-21/h1-6,12-13,15,25H,7-11H2,(H,24,26). The lowest BCUT2D eigenvalue weighted by molar-refractivity contribution is 0.0685. The SMILES string of the molecule is O=C(c1cc2c(ccc3[nH]ncc32)[nH]1)N1CCC(Cc2ccc(F)cc2)CC1. The third-order valence-electron chi connectivity index (χ3n) is 5.79. The quantitative estimate of drug-likeness (QED) is 0.561. The zero-order valence-corrected chi connectivity index (χ0v) is 15.4. The molecule has 1 fully saturated rings. The summed E-state index contributed by atoms with van der Waals surface area (Å²) in [7, 11) is 0. The summed E-state index contributed by atoms with van der Waals surface area (Å²) in [5, 5.41) is 9.08. The highest BCUT2D eigenvalue weighted by Gasteiger charge is 2.25. The highest BCUT2D eigenvalue weighted by molar-refractivity contribution is 6.08. The number of benzene rings is 2. The van der Waals surface area contributed by atoms with Crippen LogP contribution in [0.15, 0.2) is 48.7 Å².